The van der Waals surface area contributed by atoms with E-state index in [1.54, 1.807) is 0 Å². The van der Waals surface area contributed by atoms with Crippen molar-refractivity contribution in [3.8, 4) is 5.75 Å². The minimum atomic E-state index is -0.512. The topological polar surface area (TPSA) is 81.5 Å². The molecule has 0 saturated carbocycles. The molecule has 0 radical (unpaired) electrons. The monoisotopic (exact) mass is 298 g/mol. The van der Waals surface area contributed by atoms with Gasteiger partial charge in [0.1, 0.15) is 5.75 Å². The highest BCUT2D eigenvalue weighted by Crippen LogP contribution is 2.29. The smallest absolute Gasteiger partial charge is 0.273 e. The van der Waals surface area contributed by atoms with Crippen molar-refractivity contribution in [2.75, 3.05) is 12.4 Å². The first-order valence-corrected chi connectivity index (χ1v) is 6.76. The van der Waals surface area contributed by atoms with Crippen LogP contribution >= 0.6 is 12.6 Å². The number of nitro benzene ring substituents is 1. The van der Waals surface area contributed by atoms with E-state index >= 15 is 0 Å². The predicted molar refractivity (Wildman–Crippen MR) is 80.6 cm³/mol. The van der Waals surface area contributed by atoms with E-state index in [2.05, 4.69) is 17.9 Å². The maximum absolute atomic E-state index is 11.8. The summed E-state index contributed by atoms with van der Waals surface area (Å²) in [4.78, 5) is 21.9. The molecule has 0 aromatic heterocycles. The fourth-order valence-electron chi connectivity index (χ4n) is 1.67. The number of carbonyl (C=O) groups excluding carboxylic acids is 1. The van der Waals surface area contributed by atoms with Crippen LogP contribution in [-0.4, -0.2) is 23.2 Å². The molecule has 1 rings (SSSR count). The van der Waals surface area contributed by atoms with E-state index in [-0.39, 0.29) is 22.6 Å². The van der Waals surface area contributed by atoms with Crippen LogP contribution in [0.5, 0.6) is 5.75 Å². The van der Waals surface area contributed by atoms with Gasteiger partial charge in [-0.05, 0) is 24.2 Å². The molecule has 0 saturated heterocycles. The Bertz CT molecular complexity index is 491. The fraction of sp³-hybridized carbons (Fsp3) is 0.462. The standard InChI is InChI=1S/C13H18N2O4S/c1-9(20)4-3-5-13(16)14-11-7-6-10(15(17)18)8-12(11)19-2/h6-9,20H,3-5H2,1-2H3,(H,14,16). The van der Waals surface area contributed by atoms with Gasteiger partial charge in [0.05, 0.1) is 23.8 Å². The Morgan fingerprint density at radius 2 is 2.25 bits per heavy atom. The maximum Gasteiger partial charge on any atom is 0.273 e. The highest BCUT2D eigenvalue weighted by Gasteiger charge is 2.13. The van der Waals surface area contributed by atoms with Crippen LogP contribution in [0, 0.1) is 10.1 Å². The van der Waals surface area contributed by atoms with Crippen LogP contribution < -0.4 is 10.1 Å². The summed E-state index contributed by atoms with van der Waals surface area (Å²) >= 11 is 4.25. The number of non-ortho nitro benzene ring substituents is 1. The van der Waals surface area contributed by atoms with Crippen molar-refractivity contribution >= 4 is 29.9 Å². The largest absolute Gasteiger partial charge is 0.494 e. The van der Waals surface area contributed by atoms with E-state index in [4.69, 9.17) is 4.74 Å². The molecule has 1 atom stereocenters. The Labute approximate surface area is 123 Å². The first kappa shape index (κ1) is 16.3. The van der Waals surface area contributed by atoms with Crippen molar-refractivity contribution < 1.29 is 14.5 Å². The zero-order valence-electron chi connectivity index (χ0n) is 11.5. The second-order valence-corrected chi connectivity index (χ2v) is 5.31. The predicted octanol–water partition coefficient (Wildman–Crippen LogP) is 3.03. The van der Waals surface area contributed by atoms with Crippen LogP contribution in [0.4, 0.5) is 11.4 Å². The van der Waals surface area contributed by atoms with Crippen LogP contribution in [0.3, 0.4) is 0 Å². The van der Waals surface area contributed by atoms with Crippen LogP contribution in [-0.2, 0) is 4.79 Å². The molecule has 1 N–H and O–H groups in total. The van der Waals surface area contributed by atoms with Crippen LogP contribution in [0.15, 0.2) is 18.2 Å². The Morgan fingerprint density at radius 3 is 2.80 bits per heavy atom. The summed E-state index contributed by atoms with van der Waals surface area (Å²) in [5.41, 5.74) is 0.353. The van der Waals surface area contributed by atoms with Crippen molar-refractivity contribution in [3.05, 3.63) is 28.3 Å². The third-order valence-electron chi connectivity index (χ3n) is 2.70. The molecular formula is C13H18N2O4S. The zero-order valence-corrected chi connectivity index (χ0v) is 12.4. The molecule has 110 valence electrons. The molecule has 1 aromatic carbocycles. The molecule has 0 aliphatic carbocycles. The number of anilines is 1. The number of hydrogen-bond donors (Lipinski definition) is 2. The van der Waals surface area contributed by atoms with E-state index < -0.39 is 4.92 Å². The SMILES string of the molecule is COc1cc([N+](=O)[O-])ccc1NC(=O)CCCC(C)S. The molecule has 6 nitrogen and oxygen atoms in total. The van der Waals surface area contributed by atoms with Gasteiger partial charge in [-0.3, -0.25) is 14.9 Å². The third kappa shape index (κ3) is 5.08. The summed E-state index contributed by atoms with van der Waals surface area (Å²) in [5.74, 6) is 0.126. The summed E-state index contributed by atoms with van der Waals surface area (Å²) in [5, 5.41) is 13.6. The van der Waals surface area contributed by atoms with Gasteiger partial charge in [-0.15, -0.1) is 0 Å². The van der Waals surface area contributed by atoms with Crippen molar-refractivity contribution in [1.82, 2.24) is 0 Å². The van der Waals surface area contributed by atoms with Gasteiger partial charge in [0.2, 0.25) is 5.91 Å². The van der Waals surface area contributed by atoms with E-state index in [0.717, 1.165) is 12.8 Å². The highest BCUT2D eigenvalue weighted by molar-refractivity contribution is 7.80. The summed E-state index contributed by atoms with van der Waals surface area (Å²) in [6, 6.07) is 4.08. The second-order valence-electron chi connectivity index (χ2n) is 4.43. The average Bonchev–Trinajstić information content (AvgIpc) is 2.38. The molecule has 0 aliphatic rings. The van der Waals surface area contributed by atoms with Gasteiger partial charge in [0, 0.05) is 12.5 Å². The molecule has 0 bridgehead atoms. The zero-order chi connectivity index (χ0) is 15.1. The number of carbonyl (C=O) groups is 1. The van der Waals surface area contributed by atoms with Gasteiger partial charge in [-0.2, -0.15) is 12.6 Å². The summed E-state index contributed by atoms with van der Waals surface area (Å²) in [7, 11) is 1.40. The Hall–Kier alpha value is -1.76. The van der Waals surface area contributed by atoms with E-state index in [0.29, 0.717) is 12.1 Å². The maximum atomic E-state index is 11.8. The number of amides is 1. The molecule has 0 fully saturated rings. The summed E-state index contributed by atoms with van der Waals surface area (Å²) < 4.78 is 5.05. The van der Waals surface area contributed by atoms with E-state index in [1.807, 2.05) is 6.92 Å². The molecular weight excluding hydrogens is 280 g/mol. The fourth-order valence-corrected chi connectivity index (χ4v) is 1.85. The lowest BCUT2D eigenvalue weighted by Gasteiger charge is -2.10. The Kier molecular flexibility index (Phi) is 6.30. The quantitative estimate of drug-likeness (QED) is 0.460. The second kappa shape index (κ2) is 7.74. The Balaban J connectivity index is 2.67. The highest BCUT2D eigenvalue weighted by atomic mass is 32.1. The molecule has 1 aromatic rings. The first-order valence-electron chi connectivity index (χ1n) is 6.24. The third-order valence-corrected chi connectivity index (χ3v) is 2.95. The summed E-state index contributed by atoms with van der Waals surface area (Å²) in [6.45, 7) is 1.97. The molecule has 1 unspecified atom stereocenters. The van der Waals surface area contributed by atoms with Crippen LogP contribution in [0.2, 0.25) is 0 Å². The number of thiol groups is 1. The first-order chi connectivity index (χ1) is 9.43. The van der Waals surface area contributed by atoms with Gasteiger partial charge in [0.25, 0.3) is 5.69 Å². The number of nitrogens with zero attached hydrogens (tertiary/aromatic N) is 1. The number of rotatable bonds is 7. The number of methoxy groups -OCH3 is 1. The number of hydrogen-bond acceptors (Lipinski definition) is 5. The number of benzene rings is 1. The minimum Gasteiger partial charge on any atom is -0.494 e. The van der Waals surface area contributed by atoms with Crippen LogP contribution in [0.25, 0.3) is 0 Å². The molecule has 0 aliphatic heterocycles. The van der Waals surface area contributed by atoms with Crippen molar-refractivity contribution in [2.24, 2.45) is 0 Å². The number of ether oxygens (including phenoxy) is 1. The van der Waals surface area contributed by atoms with Gasteiger partial charge < -0.3 is 10.1 Å². The molecule has 0 heterocycles. The molecule has 0 spiro atoms. The van der Waals surface area contributed by atoms with Gasteiger partial charge in [-0.1, -0.05) is 6.92 Å². The van der Waals surface area contributed by atoms with Crippen molar-refractivity contribution in [1.29, 1.82) is 0 Å². The average molecular weight is 298 g/mol. The number of nitro groups is 1. The van der Waals surface area contributed by atoms with E-state index in [1.165, 1.54) is 25.3 Å². The minimum absolute atomic E-state index is 0.0799. The number of nitrogens with one attached hydrogen (secondary N) is 1. The van der Waals surface area contributed by atoms with Crippen molar-refractivity contribution in [2.45, 2.75) is 31.4 Å². The van der Waals surface area contributed by atoms with E-state index in [9.17, 15) is 14.9 Å². The van der Waals surface area contributed by atoms with Crippen LogP contribution in [0.1, 0.15) is 26.2 Å². The normalized spacial score (nSPS) is 11.8. The Morgan fingerprint density at radius 1 is 1.55 bits per heavy atom. The van der Waals surface area contributed by atoms with Gasteiger partial charge in [-0.25, -0.2) is 0 Å². The molecule has 7 heteroatoms. The molecule has 20 heavy (non-hydrogen) atoms. The lowest BCUT2D eigenvalue weighted by Crippen LogP contribution is -2.12. The lowest BCUT2D eigenvalue weighted by molar-refractivity contribution is -0.384. The van der Waals surface area contributed by atoms with Gasteiger partial charge in [0.15, 0.2) is 0 Å². The lowest BCUT2D eigenvalue weighted by atomic mass is 10.2. The van der Waals surface area contributed by atoms with Gasteiger partial charge >= 0.3 is 0 Å². The molecule has 1 amide bonds. The summed E-state index contributed by atoms with van der Waals surface area (Å²) in [6.07, 6.45) is 1.98. The van der Waals surface area contributed by atoms with Crippen molar-refractivity contribution in [3.63, 3.8) is 0 Å².